The largest absolute Gasteiger partial charge is 0.496 e. The predicted octanol–water partition coefficient (Wildman–Crippen LogP) is 7.11. The number of nitrogens with one attached hydrogen (secondary N) is 2. The van der Waals surface area contributed by atoms with Gasteiger partial charge in [0.25, 0.3) is 5.91 Å². The maximum atomic E-state index is 13.6. The van der Waals surface area contributed by atoms with E-state index in [1.807, 2.05) is 12.1 Å². The van der Waals surface area contributed by atoms with Gasteiger partial charge in [-0.25, -0.2) is 4.79 Å². The Labute approximate surface area is 247 Å². The molecule has 0 atom stereocenters. The number of allylic oxidation sites excluding steroid dienone is 2. The van der Waals surface area contributed by atoms with Crippen molar-refractivity contribution in [3.63, 3.8) is 0 Å². The number of carboxylic acid groups (broad SMARTS) is 1. The Kier molecular flexibility index (Phi) is 10.1. The molecule has 0 saturated carbocycles. The van der Waals surface area contributed by atoms with Crippen molar-refractivity contribution >= 4 is 34.9 Å². The number of alkyl halides is 3. The van der Waals surface area contributed by atoms with E-state index in [0.717, 1.165) is 50.5 Å². The Morgan fingerprint density at radius 1 is 0.977 bits per heavy atom. The average Bonchev–Trinajstić information content (AvgIpc) is 3.00. The molecule has 11 heteroatoms. The molecule has 0 fully saturated rings. The van der Waals surface area contributed by atoms with Crippen molar-refractivity contribution in [1.82, 2.24) is 5.32 Å². The van der Waals surface area contributed by atoms with Crippen LogP contribution in [0.4, 0.5) is 29.3 Å². The van der Waals surface area contributed by atoms with Crippen molar-refractivity contribution in [2.75, 3.05) is 23.9 Å². The third kappa shape index (κ3) is 8.37. The first-order valence-electron chi connectivity index (χ1n) is 13.8. The van der Waals surface area contributed by atoms with Gasteiger partial charge in [0.2, 0.25) is 0 Å². The number of hydrogen-bond acceptors (Lipinski definition) is 4. The van der Waals surface area contributed by atoms with Gasteiger partial charge in [0.05, 0.1) is 25.6 Å². The predicted molar refractivity (Wildman–Crippen MR) is 157 cm³/mol. The van der Waals surface area contributed by atoms with Crippen molar-refractivity contribution in [1.29, 1.82) is 0 Å². The second-order valence-corrected chi connectivity index (χ2v) is 10.0. The van der Waals surface area contributed by atoms with Crippen LogP contribution in [0.1, 0.15) is 59.2 Å². The number of benzene rings is 3. The highest BCUT2D eigenvalue weighted by Crippen LogP contribution is 2.38. The first kappa shape index (κ1) is 31.1. The number of amides is 3. The Hall–Kier alpha value is -4.80. The highest BCUT2D eigenvalue weighted by molar-refractivity contribution is 6.02. The minimum absolute atomic E-state index is 0.0157. The number of carboxylic acids is 1. The molecule has 4 rings (SSSR count). The van der Waals surface area contributed by atoms with Gasteiger partial charge in [0, 0.05) is 23.5 Å². The van der Waals surface area contributed by atoms with Gasteiger partial charge in [-0.05, 0) is 84.8 Å². The van der Waals surface area contributed by atoms with E-state index in [-0.39, 0.29) is 30.9 Å². The number of hydrogen-bond donors (Lipinski definition) is 3. The fourth-order valence-corrected chi connectivity index (χ4v) is 4.76. The van der Waals surface area contributed by atoms with Crippen LogP contribution in [0.15, 0.2) is 72.8 Å². The van der Waals surface area contributed by atoms with E-state index in [9.17, 15) is 27.6 Å². The summed E-state index contributed by atoms with van der Waals surface area (Å²) in [6, 6.07) is 16.5. The molecule has 3 N–H and O–H groups in total. The summed E-state index contributed by atoms with van der Waals surface area (Å²) in [6.07, 6.45) is 1.57. The summed E-state index contributed by atoms with van der Waals surface area (Å²) in [5.74, 6) is -1.82. The van der Waals surface area contributed by atoms with Crippen LogP contribution in [-0.2, 0) is 17.5 Å². The second kappa shape index (κ2) is 13.9. The van der Waals surface area contributed by atoms with Gasteiger partial charge >= 0.3 is 18.2 Å². The van der Waals surface area contributed by atoms with E-state index in [1.165, 1.54) is 16.5 Å². The maximum Gasteiger partial charge on any atom is 0.420 e. The number of carbonyl (C=O) groups is 3. The van der Waals surface area contributed by atoms with Crippen molar-refractivity contribution < 1.29 is 37.4 Å². The lowest BCUT2D eigenvalue weighted by Gasteiger charge is -2.25. The van der Waals surface area contributed by atoms with Crippen LogP contribution in [0.2, 0.25) is 0 Å². The van der Waals surface area contributed by atoms with Crippen LogP contribution in [0, 0.1) is 0 Å². The molecule has 3 aromatic rings. The van der Waals surface area contributed by atoms with E-state index in [4.69, 9.17) is 9.84 Å². The molecule has 1 aliphatic rings. The molecule has 0 unspecified atom stereocenters. The maximum absolute atomic E-state index is 13.6. The molecule has 0 aliphatic heterocycles. The quantitative estimate of drug-likeness (QED) is 0.231. The molecule has 3 amide bonds. The SMILES string of the molecule is COc1ccc(NC(=O)N(Cc2ccc(C(=O)NCCC(=O)O)cc2)c2ccc(C3=CCCCC3)cc2)cc1C(F)(F)F. The van der Waals surface area contributed by atoms with Crippen LogP contribution in [-0.4, -0.2) is 36.7 Å². The highest BCUT2D eigenvalue weighted by Gasteiger charge is 2.35. The summed E-state index contributed by atoms with van der Waals surface area (Å²) >= 11 is 0. The molecule has 0 bridgehead atoms. The Morgan fingerprint density at radius 3 is 2.30 bits per heavy atom. The van der Waals surface area contributed by atoms with E-state index >= 15 is 0 Å². The monoisotopic (exact) mass is 595 g/mol. The zero-order valence-electron chi connectivity index (χ0n) is 23.5. The number of rotatable bonds is 10. The van der Waals surface area contributed by atoms with E-state index in [1.54, 1.807) is 36.4 Å². The zero-order chi connectivity index (χ0) is 31.0. The van der Waals surface area contributed by atoms with Crippen molar-refractivity contribution in [2.45, 2.75) is 44.8 Å². The number of carbonyl (C=O) groups excluding carboxylic acids is 2. The minimum Gasteiger partial charge on any atom is -0.496 e. The molecule has 0 heterocycles. The molecule has 226 valence electrons. The third-order valence-electron chi connectivity index (χ3n) is 7.02. The van der Waals surface area contributed by atoms with Crippen molar-refractivity contribution in [2.24, 2.45) is 0 Å². The molecule has 3 aromatic carbocycles. The number of anilines is 2. The van der Waals surface area contributed by atoms with Gasteiger partial charge in [-0.1, -0.05) is 30.3 Å². The standard InChI is InChI=1S/C32H32F3N3O5/c1-43-28-16-13-25(19-27(28)32(33,34)35)37-31(42)38(26-14-11-23(12-15-26)22-5-3-2-4-6-22)20-21-7-9-24(10-8-21)30(41)36-18-17-29(39)40/h5,7-16,19H,2-4,6,17-18,20H2,1H3,(H,36,41)(H,37,42)(H,39,40). The minimum atomic E-state index is -4.68. The topological polar surface area (TPSA) is 108 Å². The molecular weight excluding hydrogens is 563 g/mol. The number of aliphatic carboxylic acids is 1. The summed E-state index contributed by atoms with van der Waals surface area (Å²) < 4.78 is 45.6. The second-order valence-electron chi connectivity index (χ2n) is 10.0. The number of nitrogens with zero attached hydrogens (tertiary/aromatic N) is 1. The number of halogens is 3. The first-order valence-corrected chi connectivity index (χ1v) is 13.8. The van der Waals surface area contributed by atoms with Crippen LogP contribution in [0.5, 0.6) is 5.75 Å². The van der Waals surface area contributed by atoms with Crippen LogP contribution in [0.3, 0.4) is 0 Å². The molecule has 0 aromatic heterocycles. The Morgan fingerprint density at radius 2 is 1.70 bits per heavy atom. The van der Waals surface area contributed by atoms with E-state index < -0.39 is 29.6 Å². The molecule has 43 heavy (non-hydrogen) atoms. The average molecular weight is 596 g/mol. The normalized spacial score (nSPS) is 13.1. The Balaban J connectivity index is 1.58. The van der Waals surface area contributed by atoms with E-state index in [0.29, 0.717) is 16.8 Å². The lowest BCUT2D eigenvalue weighted by atomic mass is 9.93. The number of urea groups is 1. The summed E-state index contributed by atoms with van der Waals surface area (Å²) in [5, 5.41) is 13.9. The lowest BCUT2D eigenvalue weighted by molar-refractivity contribution is -0.139. The lowest BCUT2D eigenvalue weighted by Crippen LogP contribution is -2.34. The molecular formula is C32H32F3N3O5. The zero-order valence-corrected chi connectivity index (χ0v) is 23.5. The fourth-order valence-electron chi connectivity index (χ4n) is 4.76. The summed E-state index contributed by atoms with van der Waals surface area (Å²) in [5.41, 5.74) is 2.71. The third-order valence-corrected chi connectivity index (χ3v) is 7.02. The number of ether oxygens (including phenoxy) is 1. The summed E-state index contributed by atoms with van der Waals surface area (Å²) in [6.45, 7) is 0.0370. The van der Waals surface area contributed by atoms with Gasteiger partial charge < -0.3 is 20.5 Å². The van der Waals surface area contributed by atoms with Crippen molar-refractivity contribution in [3.05, 3.63) is 95.1 Å². The highest BCUT2D eigenvalue weighted by atomic mass is 19.4. The van der Waals surface area contributed by atoms with E-state index in [2.05, 4.69) is 16.7 Å². The van der Waals surface area contributed by atoms with Gasteiger partial charge in [-0.15, -0.1) is 0 Å². The molecule has 8 nitrogen and oxygen atoms in total. The van der Waals surface area contributed by atoms with Gasteiger partial charge in [-0.3, -0.25) is 14.5 Å². The van der Waals surface area contributed by atoms with Gasteiger partial charge in [0.15, 0.2) is 0 Å². The van der Waals surface area contributed by atoms with Gasteiger partial charge in [-0.2, -0.15) is 13.2 Å². The Bertz CT molecular complexity index is 1490. The number of methoxy groups -OCH3 is 1. The van der Waals surface area contributed by atoms with Crippen molar-refractivity contribution in [3.8, 4) is 5.75 Å². The smallest absolute Gasteiger partial charge is 0.420 e. The fraction of sp³-hybridized carbons (Fsp3) is 0.281. The summed E-state index contributed by atoms with van der Waals surface area (Å²) in [7, 11) is 1.14. The van der Waals surface area contributed by atoms with Crippen LogP contribution in [0.25, 0.3) is 5.57 Å². The molecule has 0 spiro atoms. The van der Waals surface area contributed by atoms with Crippen LogP contribution >= 0.6 is 0 Å². The molecule has 0 radical (unpaired) electrons. The summed E-state index contributed by atoms with van der Waals surface area (Å²) in [4.78, 5) is 38.0. The van der Waals surface area contributed by atoms with Crippen LogP contribution < -0.4 is 20.3 Å². The molecule has 0 saturated heterocycles. The van der Waals surface area contributed by atoms with Gasteiger partial charge in [0.1, 0.15) is 5.75 Å². The molecule has 1 aliphatic carbocycles. The first-order chi connectivity index (χ1) is 20.5.